The molecule has 0 saturated heterocycles. The van der Waals surface area contributed by atoms with Crippen molar-refractivity contribution in [2.75, 3.05) is 5.43 Å². The number of para-hydroxylation sites is 1. The number of nitrogens with one attached hydrogen (secondary N) is 2. The van der Waals surface area contributed by atoms with Crippen LogP contribution in [0, 0.1) is 5.82 Å². The zero-order valence-electron chi connectivity index (χ0n) is 11.1. The Morgan fingerprint density at radius 1 is 1.10 bits per heavy atom. The highest BCUT2D eigenvalue weighted by molar-refractivity contribution is 5.87. The van der Waals surface area contributed by atoms with E-state index >= 15 is 0 Å². The lowest BCUT2D eigenvalue weighted by Gasteiger charge is -2.24. The highest BCUT2D eigenvalue weighted by Crippen LogP contribution is 2.18. The molecule has 1 amide bonds. The molecular weight excluding hydrogens is 257 g/mol. The molecule has 0 bridgehead atoms. The van der Waals surface area contributed by atoms with Crippen LogP contribution in [-0.4, -0.2) is 5.91 Å². The number of carbonyl (C=O) groups is 1. The molecule has 0 aliphatic carbocycles. The maximum Gasteiger partial charge on any atom is 0.262 e. The summed E-state index contributed by atoms with van der Waals surface area (Å²) in [5.41, 5.74) is 11.4. The Hall–Kier alpha value is -2.40. The van der Waals surface area contributed by atoms with E-state index in [9.17, 15) is 9.18 Å². The number of halogens is 1. The molecule has 2 aromatic rings. The van der Waals surface area contributed by atoms with Crippen molar-refractivity contribution in [3.63, 3.8) is 0 Å². The van der Waals surface area contributed by atoms with E-state index in [2.05, 4.69) is 10.9 Å². The monoisotopic (exact) mass is 273 g/mol. The molecule has 0 unspecified atom stereocenters. The normalized spacial score (nSPS) is 13.3. The van der Waals surface area contributed by atoms with E-state index in [-0.39, 0.29) is 5.82 Å². The summed E-state index contributed by atoms with van der Waals surface area (Å²) >= 11 is 0. The van der Waals surface area contributed by atoms with Gasteiger partial charge in [-0.2, -0.15) is 0 Å². The van der Waals surface area contributed by atoms with Gasteiger partial charge in [-0.15, -0.1) is 0 Å². The van der Waals surface area contributed by atoms with Crippen LogP contribution in [0.2, 0.25) is 0 Å². The fourth-order valence-corrected chi connectivity index (χ4v) is 1.71. The minimum Gasteiger partial charge on any atom is -0.314 e. The van der Waals surface area contributed by atoms with E-state index in [4.69, 9.17) is 5.73 Å². The quantitative estimate of drug-likeness (QED) is 0.748. The largest absolute Gasteiger partial charge is 0.314 e. The summed E-state index contributed by atoms with van der Waals surface area (Å²) in [6, 6.07) is 14.7. The zero-order valence-corrected chi connectivity index (χ0v) is 11.1. The molecule has 20 heavy (non-hydrogen) atoms. The molecule has 0 spiro atoms. The minimum absolute atomic E-state index is 0.368. The summed E-state index contributed by atoms with van der Waals surface area (Å²) in [6.07, 6.45) is 0. The van der Waals surface area contributed by atoms with Crippen molar-refractivity contribution in [2.24, 2.45) is 5.73 Å². The van der Waals surface area contributed by atoms with Gasteiger partial charge in [-0.1, -0.05) is 30.3 Å². The third-order valence-electron chi connectivity index (χ3n) is 3.01. The molecule has 0 fully saturated rings. The summed E-state index contributed by atoms with van der Waals surface area (Å²) in [4.78, 5) is 12.1. The Kier molecular flexibility index (Phi) is 4.00. The van der Waals surface area contributed by atoms with Crippen LogP contribution in [-0.2, 0) is 10.3 Å². The predicted octanol–water partition coefficient (Wildman–Crippen LogP) is 2.14. The maximum absolute atomic E-state index is 12.9. The van der Waals surface area contributed by atoms with Crippen molar-refractivity contribution < 1.29 is 9.18 Å². The molecule has 2 rings (SSSR count). The number of hydrogen-bond acceptors (Lipinski definition) is 3. The Morgan fingerprint density at radius 3 is 2.30 bits per heavy atom. The molecule has 2 aromatic carbocycles. The molecule has 5 heteroatoms. The van der Waals surface area contributed by atoms with Crippen LogP contribution >= 0.6 is 0 Å². The molecule has 0 radical (unpaired) electrons. The van der Waals surface area contributed by atoms with Crippen molar-refractivity contribution in [1.29, 1.82) is 0 Å². The summed E-state index contributed by atoms with van der Waals surface area (Å²) in [7, 11) is 0. The van der Waals surface area contributed by atoms with E-state index < -0.39 is 11.4 Å². The van der Waals surface area contributed by atoms with E-state index in [1.807, 2.05) is 30.3 Å². The average molecular weight is 273 g/mol. The molecular formula is C15H16FN3O. The van der Waals surface area contributed by atoms with Crippen molar-refractivity contribution in [3.8, 4) is 0 Å². The van der Waals surface area contributed by atoms with Crippen LogP contribution in [0.1, 0.15) is 12.5 Å². The van der Waals surface area contributed by atoms with Gasteiger partial charge < -0.3 is 5.73 Å². The molecule has 0 saturated carbocycles. The molecule has 4 N–H and O–H groups in total. The van der Waals surface area contributed by atoms with Crippen LogP contribution in [0.4, 0.5) is 10.1 Å². The molecule has 0 aromatic heterocycles. The topological polar surface area (TPSA) is 67.2 Å². The second-order valence-corrected chi connectivity index (χ2v) is 4.65. The van der Waals surface area contributed by atoms with Gasteiger partial charge in [-0.25, -0.2) is 4.39 Å². The van der Waals surface area contributed by atoms with Crippen LogP contribution in [0.3, 0.4) is 0 Å². The number of benzene rings is 2. The summed E-state index contributed by atoms with van der Waals surface area (Å²) in [6.45, 7) is 1.57. The third-order valence-corrected chi connectivity index (χ3v) is 3.01. The average Bonchev–Trinajstić information content (AvgIpc) is 2.46. The first-order valence-electron chi connectivity index (χ1n) is 6.16. The van der Waals surface area contributed by atoms with Crippen molar-refractivity contribution >= 4 is 11.6 Å². The van der Waals surface area contributed by atoms with E-state index in [1.54, 1.807) is 6.92 Å². The SMILES string of the molecule is C[C@@](N)(C(=O)NNc1ccccc1)c1ccc(F)cc1. The third kappa shape index (κ3) is 3.13. The van der Waals surface area contributed by atoms with Crippen LogP contribution in [0.25, 0.3) is 0 Å². The van der Waals surface area contributed by atoms with Crippen LogP contribution < -0.4 is 16.6 Å². The van der Waals surface area contributed by atoms with Crippen molar-refractivity contribution in [1.82, 2.24) is 5.43 Å². The lowest BCUT2D eigenvalue weighted by Crippen LogP contribution is -2.50. The number of amides is 1. The highest BCUT2D eigenvalue weighted by atomic mass is 19.1. The fourth-order valence-electron chi connectivity index (χ4n) is 1.71. The Morgan fingerprint density at radius 2 is 1.70 bits per heavy atom. The second-order valence-electron chi connectivity index (χ2n) is 4.65. The van der Waals surface area contributed by atoms with E-state index in [0.29, 0.717) is 5.56 Å². The first kappa shape index (κ1) is 14.0. The van der Waals surface area contributed by atoms with Gasteiger partial charge in [0, 0.05) is 0 Å². The Labute approximate surface area is 116 Å². The fraction of sp³-hybridized carbons (Fsp3) is 0.133. The standard InChI is InChI=1S/C15H16FN3O/c1-15(17,11-7-9-12(16)10-8-11)14(20)19-18-13-5-3-2-4-6-13/h2-10,18H,17H2,1H3,(H,19,20)/t15-/m0/s1. The number of carbonyl (C=O) groups excluding carboxylic acids is 1. The molecule has 0 heterocycles. The lowest BCUT2D eigenvalue weighted by atomic mass is 9.92. The molecule has 104 valence electrons. The number of anilines is 1. The number of nitrogens with two attached hydrogens (primary N) is 1. The lowest BCUT2D eigenvalue weighted by molar-refractivity contribution is -0.125. The number of hydrazine groups is 1. The minimum atomic E-state index is -1.25. The molecule has 4 nitrogen and oxygen atoms in total. The van der Waals surface area contributed by atoms with Crippen molar-refractivity contribution in [3.05, 3.63) is 66.0 Å². The second kappa shape index (κ2) is 5.71. The van der Waals surface area contributed by atoms with E-state index in [0.717, 1.165) is 5.69 Å². The van der Waals surface area contributed by atoms with Gasteiger partial charge in [-0.3, -0.25) is 15.6 Å². The van der Waals surface area contributed by atoms with Gasteiger partial charge in [0.1, 0.15) is 11.4 Å². The summed E-state index contributed by atoms with van der Waals surface area (Å²) < 4.78 is 12.9. The van der Waals surface area contributed by atoms with E-state index in [1.165, 1.54) is 24.3 Å². The van der Waals surface area contributed by atoms with Gasteiger partial charge in [0.2, 0.25) is 0 Å². The number of hydrogen-bond donors (Lipinski definition) is 3. The molecule has 0 aliphatic heterocycles. The maximum atomic E-state index is 12.9. The summed E-state index contributed by atoms with van der Waals surface area (Å²) in [5.74, 6) is -0.777. The first-order valence-corrected chi connectivity index (χ1v) is 6.16. The van der Waals surface area contributed by atoms with Gasteiger partial charge in [0.25, 0.3) is 5.91 Å². The Balaban J connectivity index is 2.05. The van der Waals surface area contributed by atoms with Gasteiger partial charge >= 0.3 is 0 Å². The highest BCUT2D eigenvalue weighted by Gasteiger charge is 2.30. The molecule has 1 atom stereocenters. The van der Waals surface area contributed by atoms with Gasteiger partial charge in [0.05, 0.1) is 5.69 Å². The Bertz CT molecular complexity index is 582. The van der Waals surface area contributed by atoms with Gasteiger partial charge in [-0.05, 0) is 36.8 Å². The van der Waals surface area contributed by atoms with Crippen LogP contribution in [0.5, 0.6) is 0 Å². The van der Waals surface area contributed by atoms with Crippen LogP contribution in [0.15, 0.2) is 54.6 Å². The van der Waals surface area contributed by atoms with Crippen molar-refractivity contribution in [2.45, 2.75) is 12.5 Å². The zero-order chi connectivity index (χ0) is 14.6. The predicted molar refractivity (Wildman–Crippen MR) is 76.1 cm³/mol. The summed E-state index contributed by atoms with van der Waals surface area (Å²) in [5, 5.41) is 0. The number of rotatable bonds is 4. The molecule has 0 aliphatic rings. The smallest absolute Gasteiger partial charge is 0.262 e. The van der Waals surface area contributed by atoms with Gasteiger partial charge in [0.15, 0.2) is 0 Å². The first-order chi connectivity index (χ1) is 9.50.